The van der Waals surface area contributed by atoms with Gasteiger partial charge in [-0.05, 0) is 5.56 Å². The summed E-state index contributed by atoms with van der Waals surface area (Å²) in [5.74, 6) is -1.52. The van der Waals surface area contributed by atoms with Crippen LogP contribution in [0.3, 0.4) is 0 Å². The molecule has 1 aromatic carbocycles. The van der Waals surface area contributed by atoms with Gasteiger partial charge in [-0.2, -0.15) is 10.5 Å². The third kappa shape index (κ3) is 1.03. The van der Waals surface area contributed by atoms with E-state index in [4.69, 9.17) is 15.2 Å². The Morgan fingerprint density at radius 1 is 1.09 bits per heavy atom. The lowest BCUT2D eigenvalue weighted by molar-refractivity contribution is -0.233. The number of ether oxygens (including phenoxy) is 2. The van der Waals surface area contributed by atoms with E-state index in [0.717, 1.165) is 5.56 Å². The van der Waals surface area contributed by atoms with Gasteiger partial charge in [-0.25, -0.2) is 4.99 Å². The highest BCUT2D eigenvalue weighted by Gasteiger charge is 2.99. The lowest BCUT2D eigenvalue weighted by atomic mass is 9.84. The third-order valence-electron chi connectivity index (χ3n) is 5.37. The Morgan fingerprint density at radius 3 is 2.14 bits per heavy atom. The van der Waals surface area contributed by atoms with Crippen LogP contribution < -0.4 is 5.73 Å². The zero-order valence-electron chi connectivity index (χ0n) is 12.6. The highest BCUT2D eigenvalue weighted by atomic mass is 16.7. The van der Waals surface area contributed by atoms with E-state index in [2.05, 4.69) is 17.1 Å². The van der Waals surface area contributed by atoms with Crippen LogP contribution in [-0.2, 0) is 14.9 Å². The fraction of sp³-hybridized carbons (Fsp3) is 0.438. The maximum atomic E-state index is 9.99. The van der Waals surface area contributed by atoms with E-state index >= 15 is 0 Å². The third-order valence-corrected chi connectivity index (χ3v) is 5.37. The van der Waals surface area contributed by atoms with Crippen molar-refractivity contribution in [2.75, 3.05) is 14.2 Å². The predicted octanol–water partition coefficient (Wildman–Crippen LogP) is 1.30. The van der Waals surface area contributed by atoms with Gasteiger partial charge in [0.05, 0.1) is 12.1 Å². The Hall–Kier alpha value is -2.41. The second-order valence-corrected chi connectivity index (χ2v) is 5.70. The molecule has 1 fully saturated rings. The molecule has 0 amide bonds. The quantitative estimate of drug-likeness (QED) is 0.846. The first-order valence-electron chi connectivity index (χ1n) is 6.82. The van der Waals surface area contributed by atoms with Gasteiger partial charge < -0.3 is 15.2 Å². The molecular weight excluding hydrogens is 280 g/mol. The molecule has 3 atom stereocenters. The molecule has 0 saturated heterocycles. The smallest absolute Gasteiger partial charge is 0.293 e. The van der Waals surface area contributed by atoms with Crippen LogP contribution >= 0.6 is 0 Å². The minimum atomic E-state index is -1.59. The molecule has 2 N–H and O–H groups in total. The minimum absolute atomic E-state index is 0.0756. The fourth-order valence-corrected chi connectivity index (χ4v) is 4.25. The van der Waals surface area contributed by atoms with Crippen LogP contribution in [0.4, 0.5) is 0 Å². The van der Waals surface area contributed by atoms with Crippen molar-refractivity contribution in [2.45, 2.75) is 18.2 Å². The molecule has 0 bridgehead atoms. The van der Waals surface area contributed by atoms with Crippen molar-refractivity contribution >= 4 is 5.84 Å². The number of amidine groups is 1. The number of rotatable bonds is 3. The molecule has 3 rings (SSSR count). The van der Waals surface area contributed by atoms with Gasteiger partial charge >= 0.3 is 0 Å². The van der Waals surface area contributed by atoms with Crippen LogP contribution in [0.15, 0.2) is 35.3 Å². The normalized spacial score (nSPS) is 37.6. The van der Waals surface area contributed by atoms with Crippen LogP contribution in [0.2, 0.25) is 0 Å². The summed E-state index contributed by atoms with van der Waals surface area (Å²) in [6.07, 6.45) is 0. The number of nitrogens with zero attached hydrogens (tertiary/aromatic N) is 3. The number of nitrogens with two attached hydrogens (primary N) is 1. The SMILES string of the molecule is COC1(OC)N=C(N)C2(C#N)C(C)(c3ccccc3)C12C#N. The molecule has 6 heteroatoms. The second-order valence-electron chi connectivity index (χ2n) is 5.70. The highest BCUT2D eigenvalue weighted by Crippen LogP contribution is 2.85. The molecule has 1 saturated carbocycles. The van der Waals surface area contributed by atoms with E-state index in [9.17, 15) is 10.5 Å². The summed E-state index contributed by atoms with van der Waals surface area (Å²) < 4.78 is 10.9. The molecule has 3 unspecified atom stereocenters. The number of aliphatic imine (C=N–C) groups is 1. The molecule has 0 spiro atoms. The van der Waals surface area contributed by atoms with Crippen molar-refractivity contribution in [3.63, 3.8) is 0 Å². The van der Waals surface area contributed by atoms with E-state index in [0.29, 0.717) is 0 Å². The second kappa shape index (κ2) is 4.07. The van der Waals surface area contributed by atoms with Crippen LogP contribution in [0.1, 0.15) is 12.5 Å². The van der Waals surface area contributed by atoms with Gasteiger partial charge in [0.2, 0.25) is 0 Å². The minimum Gasteiger partial charge on any atom is -0.386 e. The Bertz CT molecular complexity index is 744. The molecule has 0 aromatic heterocycles. The summed E-state index contributed by atoms with van der Waals surface area (Å²) in [7, 11) is 2.80. The molecule has 112 valence electrons. The van der Waals surface area contributed by atoms with Crippen LogP contribution in [0.5, 0.6) is 0 Å². The lowest BCUT2D eigenvalue weighted by Crippen LogP contribution is -2.44. The van der Waals surface area contributed by atoms with E-state index in [-0.39, 0.29) is 5.84 Å². The Balaban J connectivity index is 2.36. The van der Waals surface area contributed by atoms with Crippen molar-refractivity contribution < 1.29 is 9.47 Å². The van der Waals surface area contributed by atoms with Gasteiger partial charge in [-0.15, -0.1) is 0 Å². The van der Waals surface area contributed by atoms with E-state index in [1.54, 1.807) is 0 Å². The van der Waals surface area contributed by atoms with E-state index < -0.39 is 22.2 Å². The first-order chi connectivity index (χ1) is 10.5. The number of methoxy groups -OCH3 is 2. The molecule has 6 nitrogen and oxygen atoms in total. The molecule has 22 heavy (non-hydrogen) atoms. The zero-order chi connectivity index (χ0) is 16.2. The molecule has 1 heterocycles. The predicted molar refractivity (Wildman–Crippen MR) is 78.3 cm³/mol. The Morgan fingerprint density at radius 2 is 1.68 bits per heavy atom. The van der Waals surface area contributed by atoms with Crippen molar-refractivity contribution in [3.8, 4) is 12.1 Å². The van der Waals surface area contributed by atoms with E-state index in [1.807, 2.05) is 37.3 Å². The monoisotopic (exact) mass is 296 g/mol. The average Bonchev–Trinajstić information content (AvgIpc) is 2.98. The van der Waals surface area contributed by atoms with Gasteiger partial charge in [0.15, 0.2) is 10.8 Å². The van der Waals surface area contributed by atoms with Crippen LogP contribution in [0, 0.1) is 33.5 Å². The van der Waals surface area contributed by atoms with Crippen molar-refractivity contribution in [1.29, 1.82) is 10.5 Å². The van der Waals surface area contributed by atoms with Gasteiger partial charge in [-0.3, -0.25) is 0 Å². The number of hydrogen-bond acceptors (Lipinski definition) is 6. The summed E-state index contributed by atoms with van der Waals surface area (Å²) >= 11 is 0. The van der Waals surface area contributed by atoms with E-state index in [1.165, 1.54) is 14.2 Å². The zero-order valence-corrected chi connectivity index (χ0v) is 12.6. The fourth-order valence-electron chi connectivity index (χ4n) is 4.25. The van der Waals surface area contributed by atoms with Gasteiger partial charge in [-0.1, -0.05) is 37.3 Å². The molecule has 1 aliphatic carbocycles. The Kier molecular flexibility index (Phi) is 2.69. The van der Waals surface area contributed by atoms with Crippen LogP contribution in [0.25, 0.3) is 0 Å². The van der Waals surface area contributed by atoms with Crippen molar-refractivity contribution in [2.24, 2.45) is 21.6 Å². The largest absolute Gasteiger partial charge is 0.386 e. The van der Waals surface area contributed by atoms with Crippen LogP contribution in [-0.4, -0.2) is 26.0 Å². The maximum Gasteiger partial charge on any atom is 0.293 e. The number of benzene rings is 1. The number of nitriles is 2. The van der Waals surface area contributed by atoms with Crippen molar-refractivity contribution in [3.05, 3.63) is 35.9 Å². The lowest BCUT2D eigenvalue weighted by Gasteiger charge is -2.32. The van der Waals surface area contributed by atoms with Gasteiger partial charge in [0.25, 0.3) is 5.91 Å². The Labute approximate surface area is 128 Å². The first-order valence-corrected chi connectivity index (χ1v) is 6.82. The summed E-state index contributed by atoms with van der Waals surface area (Å²) in [5.41, 5.74) is 3.43. The summed E-state index contributed by atoms with van der Waals surface area (Å²) in [5, 5.41) is 19.9. The molecule has 1 aromatic rings. The summed E-state index contributed by atoms with van der Waals surface area (Å²) in [6, 6.07) is 13.8. The summed E-state index contributed by atoms with van der Waals surface area (Å²) in [4.78, 5) is 4.20. The summed E-state index contributed by atoms with van der Waals surface area (Å²) in [6.45, 7) is 1.84. The van der Waals surface area contributed by atoms with Gasteiger partial charge in [0, 0.05) is 19.6 Å². The molecule has 0 radical (unpaired) electrons. The standard InChI is InChI=1S/C16H16N4O2/c1-13(11-7-5-4-6-8-11)14(9-17)12(19)20-16(21-2,22-3)15(13,14)10-18/h4-8H,1-3H3,(H2,19,20). The average molecular weight is 296 g/mol. The molecule has 1 aliphatic heterocycles. The van der Waals surface area contributed by atoms with Crippen molar-refractivity contribution in [1.82, 2.24) is 0 Å². The first kappa shape index (κ1) is 14.5. The maximum absolute atomic E-state index is 9.99. The topological polar surface area (TPSA) is 104 Å². The molecular formula is C16H16N4O2. The number of fused-ring (bicyclic) bond motifs is 1. The molecule has 2 aliphatic rings. The highest BCUT2D eigenvalue weighted by molar-refractivity contribution is 6.02. The van der Waals surface area contributed by atoms with Gasteiger partial charge in [0.1, 0.15) is 5.84 Å². The number of hydrogen-bond donors (Lipinski definition) is 1.